The molecule has 0 unspecified atom stereocenters. The second-order valence-corrected chi connectivity index (χ2v) is 6.14. The second kappa shape index (κ2) is 12.9. The van der Waals surface area contributed by atoms with Crippen molar-refractivity contribution in [2.75, 3.05) is 46.9 Å². The van der Waals surface area contributed by atoms with Crippen LogP contribution >= 0.6 is 0 Å². The van der Waals surface area contributed by atoms with Crippen molar-refractivity contribution >= 4 is 18.0 Å². The zero-order chi connectivity index (χ0) is 20.1. The van der Waals surface area contributed by atoms with Gasteiger partial charge in [-0.25, -0.2) is 0 Å². The molecular weight excluding hydrogens is 344 g/mol. The first-order chi connectivity index (χ1) is 13.0. The average molecular weight is 376 g/mol. The Morgan fingerprint density at radius 3 is 2.44 bits per heavy atom. The normalized spacial score (nSPS) is 11.0. The highest BCUT2D eigenvalue weighted by atomic mass is 16.5. The summed E-state index contributed by atoms with van der Waals surface area (Å²) in [7, 11) is 2.97. The third-order valence-electron chi connectivity index (χ3n) is 4.43. The lowest BCUT2D eigenvalue weighted by Crippen LogP contribution is -2.35. The number of rotatable bonds is 12. The molecule has 0 heterocycles. The lowest BCUT2D eigenvalue weighted by molar-refractivity contribution is -0.141. The molecule has 0 fully saturated rings. The Morgan fingerprint density at radius 2 is 1.81 bits per heavy atom. The molecule has 0 saturated heterocycles. The zero-order valence-corrected chi connectivity index (χ0v) is 16.9. The van der Waals surface area contributed by atoms with Crippen molar-refractivity contribution in [3.05, 3.63) is 35.9 Å². The van der Waals surface area contributed by atoms with Gasteiger partial charge in [-0.05, 0) is 49.8 Å². The molecule has 0 N–H and O–H groups in total. The molecule has 0 bridgehead atoms. The van der Waals surface area contributed by atoms with Crippen molar-refractivity contribution < 1.29 is 19.1 Å². The van der Waals surface area contributed by atoms with Crippen LogP contribution in [0.25, 0.3) is 6.08 Å². The molecule has 0 aliphatic heterocycles. The monoisotopic (exact) mass is 376 g/mol. The Balaban J connectivity index is 2.71. The van der Waals surface area contributed by atoms with Crippen LogP contribution in [0.5, 0.6) is 5.75 Å². The summed E-state index contributed by atoms with van der Waals surface area (Å²) in [6, 6.07) is 7.51. The number of benzene rings is 1. The van der Waals surface area contributed by atoms with Crippen LogP contribution in [-0.4, -0.2) is 68.6 Å². The van der Waals surface area contributed by atoms with E-state index in [1.807, 2.05) is 24.3 Å². The van der Waals surface area contributed by atoms with Crippen LogP contribution in [0.4, 0.5) is 0 Å². The van der Waals surface area contributed by atoms with Crippen LogP contribution in [0, 0.1) is 0 Å². The summed E-state index contributed by atoms with van der Waals surface area (Å²) in [6.45, 7) is 8.11. The van der Waals surface area contributed by atoms with E-state index in [1.54, 1.807) is 24.2 Å². The fourth-order valence-electron chi connectivity index (χ4n) is 2.70. The molecule has 1 aromatic carbocycles. The zero-order valence-electron chi connectivity index (χ0n) is 16.9. The van der Waals surface area contributed by atoms with Gasteiger partial charge in [-0.15, -0.1) is 0 Å². The fourth-order valence-corrected chi connectivity index (χ4v) is 2.70. The van der Waals surface area contributed by atoms with Crippen molar-refractivity contribution in [3.8, 4) is 5.75 Å². The molecule has 0 aliphatic carbocycles. The molecule has 0 aromatic heterocycles. The minimum atomic E-state index is -0.312. The van der Waals surface area contributed by atoms with Crippen molar-refractivity contribution in [3.63, 3.8) is 0 Å². The van der Waals surface area contributed by atoms with Crippen molar-refractivity contribution in [1.29, 1.82) is 0 Å². The summed E-state index contributed by atoms with van der Waals surface area (Å²) >= 11 is 0. The minimum absolute atomic E-state index is 0.110. The maximum absolute atomic E-state index is 12.6. The molecule has 150 valence electrons. The van der Waals surface area contributed by atoms with Gasteiger partial charge >= 0.3 is 5.97 Å². The largest absolute Gasteiger partial charge is 0.497 e. The molecule has 0 radical (unpaired) electrons. The van der Waals surface area contributed by atoms with E-state index < -0.39 is 0 Å². The summed E-state index contributed by atoms with van der Waals surface area (Å²) in [4.78, 5) is 28.1. The maximum Gasteiger partial charge on any atom is 0.307 e. The van der Waals surface area contributed by atoms with Gasteiger partial charge in [-0.3, -0.25) is 9.59 Å². The SMILES string of the molecule is CCN(CC)CCCN(CCC(=O)OC)C(=O)/C=C/c1cccc(OC)c1. The average Bonchev–Trinajstić information content (AvgIpc) is 2.71. The summed E-state index contributed by atoms with van der Waals surface area (Å²) in [5.41, 5.74) is 0.888. The van der Waals surface area contributed by atoms with Crippen LogP contribution in [0.15, 0.2) is 30.3 Å². The number of ether oxygens (including phenoxy) is 2. The standard InChI is InChI=1S/C21H32N2O4/c1-5-22(6-2)14-8-15-23(16-13-21(25)27-4)20(24)12-11-18-9-7-10-19(17-18)26-3/h7,9-12,17H,5-6,8,13-16H2,1-4H3/b12-11+. The van der Waals surface area contributed by atoms with E-state index >= 15 is 0 Å². The van der Waals surface area contributed by atoms with Crippen molar-refractivity contribution in [1.82, 2.24) is 9.80 Å². The van der Waals surface area contributed by atoms with Crippen LogP contribution < -0.4 is 4.74 Å². The topological polar surface area (TPSA) is 59.1 Å². The maximum atomic E-state index is 12.6. The van der Waals surface area contributed by atoms with Gasteiger partial charge in [0.1, 0.15) is 5.75 Å². The van der Waals surface area contributed by atoms with E-state index in [-0.39, 0.29) is 18.3 Å². The van der Waals surface area contributed by atoms with E-state index in [0.717, 1.165) is 37.4 Å². The number of carbonyl (C=O) groups is 2. The first-order valence-corrected chi connectivity index (χ1v) is 9.44. The lowest BCUT2D eigenvalue weighted by Gasteiger charge is -2.23. The number of esters is 1. The van der Waals surface area contributed by atoms with Crippen LogP contribution in [0.3, 0.4) is 0 Å². The number of hydrogen-bond acceptors (Lipinski definition) is 5. The van der Waals surface area contributed by atoms with Gasteiger partial charge in [0.2, 0.25) is 5.91 Å². The molecule has 0 atom stereocenters. The van der Waals surface area contributed by atoms with Crippen molar-refractivity contribution in [2.24, 2.45) is 0 Å². The smallest absolute Gasteiger partial charge is 0.307 e. The Bertz CT molecular complexity index is 612. The van der Waals surface area contributed by atoms with Crippen LogP contribution in [-0.2, 0) is 14.3 Å². The Hall–Kier alpha value is -2.34. The number of carbonyl (C=O) groups excluding carboxylic acids is 2. The highest BCUT2D eigenvalue weighted by molar-refractivity contribution is 5.92. The van der Waals surface area contributed by atoms with Gasteiger partial charge < -0.3 is 19.3 Å². The molecule has 1 aromatic rings. The van der Waals surface area contributed by atoms with Crippen LogP contribution in [0.1, 0.15) is 32.3 Å². The van der Waals surface area contributed by atoms with E-state index in [4.69, 9.17) is 9.47 Å². The molecule has 6 heteroatoms. The van der Waals surface area contributed by atoms with Gasteiger partial charge in [-0.2, -0.15) is 0 Å². The Kier molecular flexibility index (Phi) is 10.9. The number of methoxy groups -OCH3 is 2. The quantitative estimate of drug-likeness (QED) is 0.415. The van der Waals surface area contributed by atoms with E-state index in [9.17, 15) is 9.59 Å². The summed E-state index contributed by atoms with van der Waals surface area (Å²) < 4.78 is 9.89. The van der Waals surface area contributed by atoms with E-state index in [2.05, 4.69) is 18.7 Å². The minimum Gasteiger partial charge on any atom is -0.497 e. The fraction of sp³-hybridized carbons (Fsp3) is 0.524. The number of amides is 1. The van der Waals surface area contributed by atoms with E-state index in [0.29, 0.717) is 13.1 Å². The molecule has 6 nitrogen and oxygen atoms in total. The molecule has 0 spiro atoms. The Morgan fingerprint density at radius 1 is 1.07 bits per heavy atom. The van der Waals surface area contributed by atoms with Gasteiger partial charge in [0.05, 0.1) is 20.6 Å². The van der Waals surface area contributed by atoms with Crippen LogP contribution in [0.2, 0.25) is 0 Å². The molecule has 0 aliphatic rings. The van der Waals surface area contributed by atoms with Crippen molar-refractivity contribution in [2.45, 2.75) is 26.7 Å². The molecule has 0 saturated carbocycles. The van der Waals surface area contributed by atoms with Gasteiger partial charge in [0, 0.05) is 19.2 Å². The Labute approximate surface area is 162 Å². The summed E-state index contributed by atoms with van der Waals surface area (Å²) in [6.07, 6.45) is 4.37. The lowest BCUT2D eigenvalue weighted by atomic mass is 10.2. The van der Waals surface area contributed by atoms with Gasteiger partial charge in [-0.1, -0.05) is 26.0 Å². The second-order valence-electron chi connectivity index (χ2n) is 6.14. The highest BCUT2D eigenvalue weighted by Crippen LogP contribution is 2.14. The molecule has 1 amide bonds. The molecule has 27 heavy (non-hydrogen) atoms. The number of nitrogens with zero attached hydrogens (tertiary/aromatic N) is 2. The predicted molar refractivity (Wildman–Crippen MR) is 108 cm³/mol. The number of hydrogen-bond donors (Lipinski definition) is 0. The molecule has 1 rings (SSSR count). The third-order valence-corrected chi connectivity index (χ3v) is 4.43. The predicted octanol–water partition coefficient (Wildman–Crippen LogP) is 2.83. The first kappa shape index (κ1) is 22.7. The van der Waals surface area contributed by atoms with Gasteiger partial charge in [0.25, 0.3) is 0 Å². The summed E-state index contributed by atoms with van der Waals surface area (Å²) in [5, 5.41) is 0. The molecular formula is C21H32N2O4. The highest BCUT2D eigenvalue weighted by Gasteiger charge is 2.13. The van der Waals surface area contributed by atoms with E-state index in [1.165, 1.54) is 7.11 Å². The van der Waals surface area contributed by atoms with Gasteiger partial charge in [0.15, 0.2) is 0 Å². The summed E-state index contributed by atoms with van der Waals surface area (Å²) in [5.74, 6) is 0.320. The third kappa shape index (κ3) is 8.73. The first-order valence-electron chi connectivity index (χ1n) is 9.44.